The van der Waals surface area contributed by atoms with Crippen molar-refractivity contribution in [3.05, 3.63) is 35.4 Å². The number of rotatable bonds is 3. The number of carbonyl (C=O) groups is 1. The summed E-state index contributed by atoms with van der Waals surface area (Å²) in [6.07, 6.45) is 3.89. The zero-order valence-corrected chi connectivity index (χ0v) is 10.6. The Kier molecular flexibility index (Phi) is 4.05. The van der Waals surface area contributed by atoms with Crippen LogP contribution in [0.2, 0.25) is 0 Å². The lowest BCUT2D eigenvalue weighted by Gasteiger charge is -2.20. The zero-order chi connectivity index (χ0) is 11.4. The topological polar surface area (TPSA) is 17.1 Å². The van der Waals surface area contributed by atoms with E-state index in [4.69, 9.17) is 0 Å². The summed E-state index contributed by atoms with van der Waals surface area (Å²) in [6, 6.07) is 8.68. The van der Waals surface area contributed by atoms with E-state index in [2.05, 4.69) is 31.2 Å². The molecule has 0 N–H and O–H groups in total. The minimum Gasteiger partial charge on any atom is -0.300 e. The minimum atomic E-state index is 0.452. The number of benzene rings is 1. The predicted octanol–water partition coefficient (Wildman–Crippen LogP) is 3.74. The third kappa shape index (κ3) is 3.38. The van der Waals surface area contributed by atoms with Gasteiger partial charge in [-0.15, -0.1) is 0 Å². The second kappa shape index (κ2) is 5.53. The Bertz CT molecular complexity index is 356. The van der Waals surface area contributed by atoms with E-state index >= 15 is 0 Å². The van der Waals surface area contributed by atoms with Crippen molar-refractivity contribution in [1.82, 2.24) is 0 Å². The van der Waals surface area contributed by atoms with Gasteiger partial charge < -0.3 is 0 Å². The first-order valence-electron chi connectivity index (χ1n) is 5.93. The Labute approximate surface area is 102 Å². The number of Topliss-reactive ketones (excluding diaryl/α,β-unsaturated/α-hetero) is 1. The van der Waals surface area contributed by atoms with Gasteiger partial charge in [0.05, 0.1) is 0 Å². The summed E-state index contributed by atoms with van der Waals surface area (Å²) in [5.41, 5.74) is 2.68. The van der Waals surface area contributed by atoms with E-state index in [9.17, 15) is 4.79 Å². The summed E-state index contributed by atoms with van der Waals surface area (Å²) in [7, 11) is 0. The maximum absolute atomic E-state index is 11.3. The summed E-state index contributed by atoms with van der Waals surface area (Å²) in [4.78, 5) is 11.3. The lowest BCUT2D eigenvalue weighted by molar-refractivity contribution is -0.120. The number of aryl methyl sites for hydroxylation is 1. The van der Waals surface area contributed by atoms with Crippen LogP contribution in [0.3, 0.4) is 0 Å². The van der Waals surface area contributed by atoms with E-state index in [0.717, 1.165) is 25.0 Å². The average Bonchev–Trinajstić information content (AvgIpc) is 2.28. The number of hydrogen-bond acceptors (Lipinski definition) is 2. The van der Waals surface area contributed by atoms with Gasteiger partial charge in [0.1, 0.15) is 5.78 Å². The molecule has 1 aliphatic rings. The molecule has 1 atom stereocenters. The molecule has 1 saturated carbocycles. The highest BCUT2D eigenvalue weighted by atomic mass is 32.2. The molecule has 0 amide bonds. The fraction of sp³-hybridized carbons (Fsp3) is 0.500. The first-order chi connectivity index (χ1) is 7.74. The van der Waals surface area contributed by atoms with Gasteiger partial charge in [0.15, 0.2) is 0 Å². The van der Waals surface area contributed by atoms with Crippen molar-refractivity contribution in [1.29, 1.82) is 0 Å². The molecule has 1 nitrogen and oxygen atoms in total. The maximum atomic E-state index is 11.3. The Morgan fingerprint density at radius 3 is 2.75 bits per heavy atom. The van der Waals surface area contributed by atoms with E-state index in [1.165, 1.54) is 17.5 Å². The van der Waals surface area contributed by atoms with Crippen LogP contribution in [0.5, 0.6) is 0 Å². The second-order valence-corrected chi connectivity index (χ2v) is 5.84. The van der Waals surface area contributed by atoms with Crippen LogP contribution in [0.25, 0.3) is 0 Å². The number of thioether (sulfide) groups is 1. The quantitative estimate of drug-likeness (QED) is 0.792. The van der Waals surface area contributed by atoms with Gasteiger partial charge in [-0.05, 0) is 25.3 Å². The Morgan fingerprint density at radius 1 is 1.31 bits per heavy atom. The van der Waals surface area contributed by atoms with Crippen LogP contribution in [0.15, 0.2) is 24.3 Å². The highest BCUT2D eigenvalue weighted by molar-refractivity contribution is 7.99. The van der Waals surface area contributed by atoms with Gasteiger partial charge in [-0.25, -0.2) is 0 Å². The van der Waals surface area contributed by atoms with E-state index in [1.807, 2.05) is 11.8 Å². The van der Waals surface area contributed by atoms with Crippen LogP contribution in [0.1, 0.15) is 36.8 Å². The van der Waals surface area contributed by atoms with E-state index in [-0.39, 0.29) is 0 Å². The molecule has 1 unspecified atom stereocenters. The molecule has 1 aromatic carbocycles. The summed E-state index contributed by atoms with van der Waals surface area (Å²) in [5, 5.41) is 0.558. The molecule has 2 rings (SSSR count). The second-order valence-electron chi connectivity index (χ2n) is 4.55. The lowest BCUT2D eigenvalue weighted by atomic mass is 9.99. The van der Waals surface area contributed by atoms with Crippen molar-refractivity contribution in [2.24, 2.45) is 0 Å². The molecule has 0 heterocycles. The van der Waals surface area contributed by atoms with Gasteiger partial charge in [0.25, 0.3) is 0 Å². The van der Waals surface area contributed by atoms with Gasteiger partial charge in [-0.2, -0.15) is 11.8 Å². The van der Waals surface area contributed by atoms with Gasteiger partial charge in [-0.3, -0.25) is 4.79 Å². The van der Waals surface area contributed by atoms with Crippen molar-refractivity contribution < 1.29 is 4.79 Å². The highest BCUT2D eigenvalue weighted by Gasteiger charge is 2.19. The molecule has 86 valence electrons. The van der Waals surface area contributed by atoms with Crippen LogP contribution in [0.4, 0.5) is 0 Å². The van der Waals surface area contributed by atoms with Crippen LogP contribution in [-0.2, 0) is 10.5 Å². The van der Waals surface area contributed by atoms with Crippen molar-refractivity contribution >= 4 is 17.5 Å². The number of carbonyl (C=O) groups excluding carboxylic acids is 1. The van der Waals surface area contributed by atoms with Gasteiger partial charge in [0, 0.05) is 23.8 Å². The summed E-state index contributed by atoms with van der Waals surface area (Å²) < 4.78 is 0. The first-order valence-corrected chi connectivity index (χ1v) is 6.98. The van der Waals surface area contributed by atoms with E-state index < -0.39 is 0 Å². The Morgan fingerprint density at radius 2 is 2.06 bits per heavy atom. The fourth-order valence-corrected chi connectivity index (χ4v) is 3.28. The highest BCUT2D eigenvalue weighted by Crippen LogP contribution is 2.28. The zero-order valence-electron chi connectivity index (χ0n) is 9.74. The van der Waals surface area contributed by atoms with Crippen LogP contribution in [0, 0.1) is 6.92 Å². The van der Waals surface area contributed by atoms with Gasteiger partial charge >= 0.3 is 0 Å². The molecule has 1 aliphatic carbocycles. The van der Waals surface area contributed by atoms with Crippen molar-refractivity contribution in [3.63, 3.8) is 0 Å². The molecule has 2 heteroatoms. The molecule has 0 bridgehead atoms. The smallest absolute Gasteiger partial charge is 0.134 e. The van der Waals surface area contributed by atoms with Crippen molar-refractivity contribution in [2.45, 2.75) is 43.6 Å². The first kappa shape index (κ1) is 11.7. The van der Waals surface area contributed by atoms with Gasteiger partial charge in [-0.1, -0.05) is 29.8 Å². The molecule has 0 aliphatic heterocycles. The van der Waals surface area contributed by atoms with E-state index in [1.54, 1.807) is 0 Å². The molecule has 0 spiro atoms. The molecule has 0 saturated heterocycles. The number of hydrogen-bond donors (Lipinski definition) is 0. The Balaban J connectivity index is 1.82. The molecule has 16 heavy (non-hydrogen) atoms. The minimum absolute atomic E-state index is 0.452. The van der Waals surface area contributed by atoms with Crippen LogP contribution < -0.4 is 0 Å². The molecule has 0 radical (unpaired) electrons. The predicted molar refractivity (Wildman–Crippen MR) is 69.7 cm³/mol. The summed E-state index contributed by atoms with van der Waals surface area (Å²) >= 11 is 1.94. The number of ketones is 1. The molecular formula is C14H18OS. The van der Waals surface area contributed by atoms with Crippen LogP contribution in [-0.4, -0.2) is 11.0 Å². The largest absolute Gasteiger partial charge is 0.300 e. The molecule has 0 aromatic heterocycles. The molecule has 1 aromatic rings. The lowest BCUT2D eigenvalue weighted by Crippen LogP contribution is -2.16. The van der Waals surface area contributed by atoms with Crippen LogP contribution >= 0.6 is 11.8 Å². The SMILES string of the molecule is Cc1ccc(CSC2CCCC(=O)C2)cc1. The summed E-state index contributed by atoms with van der Waals surface area (Å²) in [6.45, 7) is 2.11. The third-order valence-corrected chi connectivity index (χ3v) is 4.42. The summed E-state index contributed by atoms with van der Waals surface area (Å²) in [5.74, 6) is 1.49. The normalized spacial score (nSPS) is 21.1. The standard InChI is InChI=1S/C14H18OS/c1-11-5-7-12(8-6-11)10-16-14-4-2-3-13(15)9-14/h5-8,14H,2-4,9-10H2,1H3. The average molecular weight is 234 g/mol. The third-order valence-electron chi connectivity index (χ3n) is 3.04. The Hall–Kier alpha value is -0.760. The van der Waals surface area contributed by atoms with Gasteiger partial charge in [0.2, 0.25) is 0 Å². The molecule has 1 fully saturated rings. The van der Waals surface area contributed by atoms with Crippen molar-refractivity contribution in [3.8, 4) is 0 Å². The monoisotopic (exact) mass is 234 g/mol. The van der Waals surface area contributed by atoms with Crippen molar-refractivity contribution in [2.75, 3.05) is 0 Å². The molecular weight excluding hydrogens is 216 g/mol. The van der Waals surface area contributed by atoms with E-state index in [0.29, 0.717) is 11.0 Å². The maximum Gasteiger partial charge on any atom is 0.134 e. The fourth-order valence-electron chi connectivity index (χ4n) is 2.03.